The van der Waals surface area contributed by atoms with Crippen molar-refractivity contribution in [3.05, 3.63) is 65.2 Å². The van der Waals surface area contributed by atoms with Gasteiger partial charge in [-0.05, 0) is 48.1 Å². The average Bonchev–Trinajstić information content (AvgIpc) is 3.08. The van der Waals surface area contributed by atoms with Crippen LogP contribution in [-0.2, 0) is 11.8 Å². The van der Waals surface area contributed by atoms with Crippen molar-refractivity contribution in [3.8, 4) is 5.75 Å². The van der Waals surface area contributed by atoms with Crippen molar-refractivity contribution in [3.63, 3.8) is 0 Å². The van der Waals surface area contributed by atoms with Gasteiger partial charge in [-0.1, -0.05) is 49.2 Å². The Labute approximate surface area is 138 Å². The third-order valence-electron chi connectivity index (χ3n) is 5.74. The van der Waals surface area contributed by atoms with Gasteiger partial charge in [0.25, 0.3) is 0 Å². The van der Waals surface area contributed by atoms with Crippen molar-refractivity contribution in [2.45, 2.75) is 43.6 Å². The molecular formula is C21H25NO. The predicted molar refractivity (Wildman–Crippen MR) is 94.0 cm³/mol. The molecule has 1 N–H and O–H groups in total. The molecule has 2 nitrogen and oxygen atoms in total. The number of ether oxygens (including phenoxy) is 1. The second-order valence-electron chi connectivity index (χ2n) is 7.06. The maximum atomic E-state index is 5.52. The molecule has 4 rings (SSSR count). The van der Waals surface area contributed by atoms with Gasteiger partial charge in [0.2, 0.25) is 0 Å². The topological polar surface area (TPSA) is 21.3 Å². The van der Waals surface area contributed by atoms with Crippen molar-refractivity contribution in [2.24, 2.45) is 0 Å². The van der Waals surface area contributed by atoms with Crippen molar-refractivity contribution >= 4 is 0 Å². The van der Waals surface area contributed by atoms with Crippen LogP contribution in [0.3, 0.4) is 0 Å². The molecule has 1 heterocycles. The Kier molecular flexibility index (Phi) is 3.86. The lowest BCUT2D eigenvalue weighted by atomic mass is 9.72. The third kappa shape index (κ3) is 2.66. The second-order valence-corrected chi connectivity index (χ2v) is 7.06. The molecule has 0 amide bonds. The molecule has 2 heteroatoms. The van der Waals surface area contributed by atoms with E-state index in [0.29, 0.717) is 11.5 Å². The van der Waals surface area contributed by atoms with Gasteiger partial charge in [-0.15, -0.1) is 0 Å². The molecule has 1 saturated carbocycles. The smallest absolute Gasteiger partial charge is 0.119 e. The summed E-state index contributed by atoms with van der Waals surface area (Å²) in [6.45, 7) is 1.10. The number of methoxy groups -OCH3 is 1. The summed E-state index contributed by atoms with van der Waals surface area (Å²) < 4.78 is 5.52. The van der Waals surface area contributed by atoms with Crippen molar-refractivity contribution < 1.29 is 4.74 Å². The Hall–Kier alpha value is -1.80. The van der Waals surface area contributed by atoms with E-state index in [0.717, 1.165) is 18.7 Å². The Balaban J connectivity index is 1.72. The fraction of sp³-hybridized carbons (Fsp3) is 0.429. The molecule has 1 aliphatic carbocycles. The quantitative estimate of drug-likeness (QED) is 0.908. The number of hydrogen-bond acceptors (Lipinski definition) is 2. The summed E-state index contributed by atoms with van der Waals surface area (Å²) in [7, 11) is 1.77. The van der Waals surface area contributed by atoms with Crippen LogP contribution in [0.25, 0.3) is 0 Å². The molecule has 0 bridgehead atoms. The van der Waals surface area contributed by atoms with Gasteiger partial charge in [0.15, 0.2) is 0 Å². The minimum Gasteiger partial charge on any atom is -0.497 e. The van der Waals surface area contributed by atoms with Crippen LogP contribution in [0.1, 0.15) is 48.4 Å². The molecule has 0 saturated heterocycles. The standard InChI is InChI=1S/C21H25NO/c1-23-17-9-10-18-19(14-17)21(11-5-6-12-21)15-22-20(18)13-16-7-3-2-4-8-16/h2-4,7-10,14,20,22H,5-6,11-13,15H2,1H3. The van der Waals surface area contributed by atoms with E-state index in [1.165, 1.54) is 42.4 Å². The first-order valence-electron chi connectivity index (χ1n) is 8.76. The molecule has 1 aliphatic heterocycles. The van der Waals surface area contributed by atoms with Crippen LogP contribution in [0.5, 0.6) is 5.75 Å². The van der Waals surface area contributed by atoms with E-state index in [1.54, 1.807) is 7.11 Å². The van der Waals surface area contributed by atoms with E-state index in [9.17, 15) is 0 Å². The summed E-state index contributed by atoms with van der Waals surface area (Å²) in [6.07, 6.45) is 6.36. The Morgan fingerprint density at radius 1 is 1.09 bits per heavy atom. The summed E-state index contributed by atoms with van der Waals surface area (Å²) in [5.74, 6) is 0.996. The van der Waals surface area contributed by atoms with Gasteiger partial charge in [0.1, 0.15) is 5.75 Å². The van der Waals surface area contributed by atoms with E-state index in [2.05, 4.69) is 53.8 Å². The van der Waals surface area contributed by atoms with E-state index >= 15 is 0 Å². The molecule has 120 valence electrons. The second kappa shape index (κ2) is 6.01. The van der Waals surface area contributed by atoms with E-state index in [1.807, 2.05) is 0 Å². The number of rotatable bonds is 3. The molecule has 0 aromatic heterocycles. The van der Waals surface area contributed by atoms with Gasteiger partial charge in [-0.2, -0.15) is 0 Å². The number of hydrogen-bond donors (Lipinski definition) is 1. The third-order valence-corrected chi connectivity index (χ3v) is 5.74. The van der Waals surface area contributed by atoms with Gasteiger partial charge in [-0.3, -0.25) is 0 Å². The summed E-state index contributed by atoms with van der Waals surface area (Å²) in [4.78, 5) is 0. The van der Waals surface area contributed by atoms with Crippen LogP contribution >= 0.6 is 0 Å². The molecule has 1 spiro atoms. The molecule has 2 aliphatic rings. The Bertz CT molecular complexity index is 673. The molecule has 23 heavy (non-hydrogen) atoms. The first kappa shape index (κ1) is 14.8. The van der Waals surface area contributed by atoms with Crippen LogP contribution in [0.2, 0.25) is 0 Å². The highest BCUT2D eigenvalue weighted by Gasteiger charge is 2.41. The van der Waals surface area contributed by atoms with Gasteiger partial charge < -0.3 is 10.1 Å². The monoisotopic (exact) mass is 307 g/mol. The fourth-order valence-corrected chi connectivity index (χ4v) is 4.48. The van der Waals surface area contributed by atoms with Crippen LogP contribution in [-0.4, -0.2) is 13.7 Å². The highest BCUT2D eigenvalue weighted by molar-refractivity contribution is 5.45. The zero-order valence-corrected chi connectivity index (χ0v) is 13.8. The van der Waals surface area contributed by atoms with Crippen molar-refractivity contribution in [1.82, 2.24) is 5.32 Å². The average molecular weight is 307 g/mol. The number of benzene rings is 2. The van der Waals surface area contributed by atoms with Gasteiger partial charge in [0.05, 0.1) is 7.11 Å². The fourth-order valence-electron chi connectivity index (χ4n) is 4.48. The lowest BCUT2D eigenvalue weighted by molar-refractivity contribution is 0.334. The van der Waals surface area contributed by atoms with E-state index in [4.69, 9.17) is 4.74 Å². The summed E-state index contributed by atoms with van der Waals surface area (Å²) in [5.41, 5.74) is 4.74. The first-order valence-corrected chi connectivity index (χ1v) is 8.76. The normalized spacial score (nSPS) is 22.0. The van der Waals surface area contributed by atoms with E-state index < -0.39 is 0 Å². The first-order chi connectivity index (χ1) is 11.3. The van der Waals surface area contributed by atoms with Crippen molar-refractivity contribution in [2.75, 3.05) is 13.7 Å². The van der Waals surface area contributed by atoms with Crippen LogP contribution in [0.15, 0.2) is 48.5 Å². The zero-order valence-electron chi connectivity index (χ0n) is 13.8. The van der Waals surface area contributed by atoms with Gasteiger partial charge in [-0.25, -0.2) is 0 Å². The van der Waals surface area contributed by atoms with Gasteiger partial charge >= 0.3 is 0 Å². The van der Waals surface area contributed by atoms with E-state index in [-0.39, 0.29) is 0 Å². The Morgan fingerprint density at radius 3 is 2.61 bits per heavy atom. The molecule has 2 aromatic carbocycles. The lowest BCUT2D eigenvalue weighted by Gasteiger charge is -2.41. The minimum absolute atomic E-state index is 0.330. The maximum Gasteiger partial charge on any atom is 0.119 e. The zero-order chi connectivity index (χ0) is 15.7. The maximum absolute atomic E-state index is 5.52. The Morgan fingerprint density at radius 2 is 1.87 bits per heavy atom. The van der Waals surface area contributed by atoms with Crippen LogP contribution in [0, 0.1) is 0 Å². The SMILES string of the molecule is COc1ccc2c(c1)C1(CCCC1)CNC2Cc1ccccc1. The molecule has 1 atom stereocenters. The lowest BCUT2D eigenvalue weighted by Crippen LogP contribution is -2.44. The molecule has 2 aromatic rings. The van der Waals surface area contributed by atoms with Crippen LogP contribution in [0.4, 0.5) is 0 Å². The van der Waals surface area contributed by atoms with Crippen molar-refractivity contribution in [1.29, 1.82) is 0 Å². The minimum atomic E-state index is 0.330. The molecular weight excluding hydrogens is 282 g/mol. The highest BCUT2D eigenvalue weighted by atomic mass is 16.5. The highest BCUT2D eigenvalue weighted by Crippen LogP contribution is 2.47. The molecule has 0 radical (unpaired) electrons. The van der Waals surface area contributed by atoms with Gasteiger partial charge in [0, 0.05) is 18.0 Å². The summed E-state index contributed by atoms with van der Waals surface area (Å²) in [5, 5.41) is 3.85. The number of nitrogens with one attached hydrogen (secondary N) is 1. The molecule has 1 unspecified atom stereocenters. The largest absolute Gasteiger partial charge is 0.497 e. The predicted octanol–water partition coefficient (Wildman–Crippen LogP) is 4.39. The summed E-state index contributed by atoms with van der Waals surface area (Å²) in [6, 6.07) is 17.9. The number of fused-ring (bicyclic) bond motifs is 2. The van der Waals surface area contributed by atoms with Crippen LogP contribution < -0.4 is 10.1 Å². The summed E-state index contributed by atoms with van der Waals surface area (Å²) >= 11 is 0. The molecule has 1 fully saturated rings.